The lowest BCUT2D eigenvalue weighted by molar-refractivity contribution is -0.274. The molecule has 0 aromatic heterocycles. The Labute approximate surface area is 64.0 Å². The summed E-state index contributed by atoms with van der Waals surface area (Å²) in [7, 11) is 0. The van der Waals surface area contributed by atoms with Crippen LogP contribution in [-0.2, 0) is 0 Å². The van der Waals surface area contributed by atoms with Gasteiger partial charge < -0.3 is 5.11 Å². The highest BCUT2D eigenvalue weighted by atomic mass is 19.4. The maximum Gasteiger partial charge on any atom is 0.400 e. The molecule has 1 N–H and O–H groups in total. The van der Waals surface area contributed by atoms with Gasteiger partial charge in [-0.15, -0.1) is 0 Å². The van der Waals surface area contributed by atoms with Crippen LogP contribution in [0.3, 0.4) is 0 Å². The van der Waals surface area contributed by atoms with Crippen molar-refractivity contribution in [1.82, 2.24) is 0 Å². The first-order chi connectivity index (χ1) is 5.19. The molecule has 0 rings (SSSR count). The van der Waals surface area contributed by atoms with Crippen molar-refractivity contribution in [1.29, 1.82) is 0 Å². The molecule has 0 atom stereocenters. The third kappa shape index (κ3) is 3.29. The first-order valence-electron chi connectivity index (χ1n) is 2.77. The summed E-state index contributed by atoms with van der Waals surface area (Å²) >= 11 is 0. The summed E-state index contributed by atoms with van der Waals surface area (Å²) in [6.07, 6.45) is -11.0. The van der Waals surface area contributed by atoms with E-state index in [9.17, 15) is 26.3 Å². The van der Waals surface area contributed by atoms with Crippen LogP contribution < -0.4 is 0 Å². The van der Waals surface area contributed by atoms with Crippen LogP contribution in [0.5, 0.6) is 0 Å². The van der Waals surface area contributed by atoms with E-state index >= 15 is 0 Å². The summed E-state index contributed by atoms with van der Waals surface area (Å²) in [5, 5.41) is 7.91. The molecule has 0 fully saturated rings. The summed E-state index contributed by atoms with van der Waals surface area (Å²) in [5.74, 6) is -3.55. The maximum atomic E-state index is 11.5. The second-order valence-electron chi connectivity index (χ2n) is 1.98. The zero-order valence-corrected chi connectivity index (χ0v) is 5.58. The Morgan fingerprint density at radius 2 is 1.33 bits per heavy atom. The van der Waals surface area contributed by atoms with Crippen LogP contribution in [0.15, 0.2) is 0 Å². The molecule has 0 unspecified atom stereocenters. The highest BCUT2D eigenvalue weighted by Gasteiger charge is 2.55. The van der Waals surface area contributed by atoms with Crippen molar-refractivity contribution in [2.75, 3.05) is 6.61 Å². The van der Waals surface area contributed by atoms with Gasteiger partial charge in [0.2, 0.25) is 0 Å². The third-order valence-electron chi connectivity index (χ3n) is 1.05. The lowest BCUT2D eigenvalue weighted by Gasteiger charge is -2.21. The van der Waals surface area contributed by atoms with Crippen molar-refractivity contribution in [2.45, 2.75) is 12.4 Å². The predicted octanol–water partition coefficient (Wildman–Crippen LogP) is 1.92. The van der Waals surface area contributed by atoms with Gasteiger partial charge in [0, 0.05) is 13.0 Å². The van der Waals surface area contributed by atoms with Gasteiger partial charge in [-0.1, -0.05) is 0 Å². The number of hydrogen-bond donors (Lipinski definition) is 1. The van der Waals surface area contributed by atoms with E-state index in [1.165, 1.54) is 0 Å². The van der Waals surface area contributed by atoms with Crippen LogP contribution in [0.25, 0.3) is 0 Å². The largest absolute Gasteiger partial charge is 0.400 e. The van der Waals surface area contributed by atoms with E-state index in [0.29, 0.717) is 0 Å². The molecule has 0 saturated carbocycles. The van der Waals surface area contributed by atoms with Gasteiger partial charge in [0.15, 0.2) is 5.92 Å². The number of aliphatic hydroxyl groups excluding tert-OH is 1. The molecule has 1 nitrogen and oxygen atoms in total. The molecular weight excluding hydrogens is 190 g/mol. The van der Waals surface area contributed by atoms with E-state index < -0.39 is 24.9 Å². The molecule has 0 aliphatic heterocycles. The summed E-state index contributed by atoms with van der Waals surface area (Å²) in [5.41, 5.74) is 0. The Bertz CT molecular complexity index is 122. The highest BCUT2D eigenvalue weighted by molar-refractivity contribution is 4.87. The fourth-order valence-corrected chi connectivity index (χ4v) is 0.558. The lowest BCUT2D eigenvalue weighted by Crippen LogP contribution is -2.37. The van der Waals surface area contributed by atoms with Gasteiger partial charge in [-0.3, -0.25) is 0 Å². The summed E-state index contributed by atoms with van der Waals surface area (Å²) in [6, 6.07) is 0. The lowest BCUT2D eigenvalue weighted by atomic mass is 10.1. The number of halogens is 6. The standard InChI is InChI=1S/C5H5F6O/c6-4(7,8)3(1-2-12)5(9,10)11/h1,3,12H,2H2. The van der Waals surface area contributed by atoms with Gasteiger partial charge in [0.1, 0.15) is 0 Å². The van der Waals surface area contributed by atoms with Crippen molar-refractivity contribution in [3.63, 3.8) is 0 Å². The molecule has 0 bridgehead atoms. The predicted molar refractivity (Wildman–Crippen MR) is 27.0 cm³/mol. The van der Waals surface area contributed by atoms with E-state index in [4.69, 9.17) is 5.11 Å². The minimum Gasteiger partial charge on any atom is -0.396 e. The van der Waals surface area contributed by atoms with Crippen molar-refractivity contribution < 1.29 is 31.4 Å². The fourth-order valence-electron chi connectivity index (χ4n) is 0.558. The van der Waals surface area contributed by atoms with E-state index in [1.54, 1.807) is 0 Å². The van der Waals surface area contributed by atoms with Crippen molar-refractivity contribution in [3.05, 3.63) is 6.42 Å². The molecule has 1 radical (unpaired) electrons. The quantitative estimate of drug-likeness (QED) is 0.667. The number of rotatable bonds is 2. The van der Waals surface area contributed by atoms with Crippen LogP contribution in [0.4, 0.5) is 26.3 Å². The maximum absolute atomic E-state index is 11.5. The molecule has 12 heavy (non-hydrogen) atoms. The molecule has 0 aliphatic rings. The number of hydrogen-bond acceptors (Lipinski definition) is 1. The molecule has 0 saturated heterocycles. The van der Waals surface area contributed by atoms with Gasteiger partial charge in [-0.2, -0.15) is 26.3 Å². The second kappa shape index (κ2) is 3.51. The molecular formula is C5H5F6O. The molecule has 0 aromatic rings. The van der Waals surface area contributed by atoms with Crippen molar-refractivity contribution in [3.8, 4) is 0 Å². The SMILES string of the molecule is OC[CH]C(C(F)(F)F)C(F)(F)F. The zero-order valence-electron chi connectivity index (χ0n) is 5.58. The van der Waals surface area contributed by atoms with Crippen LogP contribution in [0.2, 0.25) is 0 Å². The molecule has 73 valence electrons. The molecule has 7 heteroatoms. The molecule has 0 aromatic carbocycles. The first kappa shape index (κ1) is 11.5. The van der Waals surface area contributed by atoms with E-state index in [-0.39, 0.29) is 6.42 Å². The topological polar surface area (TPSA) is 20.2 Å². The number of alkyl halides is 6. The summed E-state index contributed by atoms with van der Waals surface area (Å²) in [6.45, 7) is -1.26. The summed E-state index contributed by atoms with van der Waals surface area (Å²) in [4.78, 5) is 0. The van der Waals surface area contributed by atoms with Gasteiger partial charge in [-0.05, 0) is 0 Å². The smallest absolute Gasteiger partial charge is 0.396 e. The Morgan fingerprint density at radius 1 is 1.00 bits per heavy atom. The average Bonchev–Trinajstić information content (AvgIpc) is 1.77. The Kier molecular flexibility index (Phi) is 3.37. The second-order valence-corrected chi connectivity index (χ2v) is 1.98. The first-order valence-corrected chi connectivity index (χ1v) is 2.77. The summed E-state index contributed by atoms with van der Waals surface area (Å²) < 4.78 is 69.2. The number of aliphatic hydroxyl groups is 1. The van der Waals surface area contributed by atoms with Crippen LogP contribution in [-0.4, -0.2) is 24.1 Å². The zero-order chi connectivity index (χ0) is 9.99. The minimum atomic E-state index is -5.39. The van der Waals surface area contributed by atoms with Gasteiger partial charge in [0.25, 0.3) is 0 Å². The normalized spacial score (nSPS) is 14.0. The third-order valence-corrected chi connectivity index (χ3v) is 1.05. The van der Waals surface area contributed by atoms with Crippen LogP contribution in [0, 0.1) is 12.3 Å². The Hall–Kier alpha value is -0.460. The van der Waals surface area contributed by atoms with Gasteiger partial charge in [-0.25, -0.2) is 0 Å². The molecule has 0 amide bonds. The van der Waals surface area contributed by atoms with Crippen LogP contribution in [0.1, 0.15) is 0 Å². The highest BCUT2D eigenvalue weighted by Crippen LogP contribution is 2.40. The van der Waals surface area contributed by atoms with Crippen molar-refractivity contribution in [2.24, 2.45) is 5.92 Å². The monoisotopic (exact) mass is 195 g/mol. The molecule has 0 aliphatic carbocycles. The Morgan fingerprint density at radius 3 is 1.42 bits per heavy atom. The Balaban J connectivity index is 4.45. The van der Waals surface area contributed by atoms with Gasteiger partial charge in [0.05, 0.1) is 0 Å². The van der Waals surface area contributed by atoms with Crippen molar-refractivity contribution >= 4 is 0 Å². The fraction of sp³-hybridized carbons (Fsp3) is 0.800. The molecule has 0 spiro atoms. The van der Waals surface area contributed by atoms with E-state index in [0.717, 1.165) is 0 Å². The van der Waals surface area contributed by atoms with E-state index in [2.05, 4.69) is 0 Å². The van der Waals surface area contributed by atoms with Gasteiger partial charge >= 0.3 is 12.4 Å². The van der Waals surface area contributed by atoms with Crippen LogP contribution >= 0.6 is 0 Å². The minimum absolute atomic E-state index is 0.236. The van der Waals surface area contributed by atoms with E-state index in [1.807, 2.05) is 0 Å². The average molecular weight is 195 g/mol. The molecule has 0 heterocycles.